The summed E-state index contributed by atoms with van der Waals surface area (Å²) in [5.74, 6) is -1.76. The van der Waals surface area contributed by atoms with Crippen LogP contribution < -0.4 is 10.9 Å². The molecular weight excluding hydrogens is 336 g/mol. The van der Waals surface area contributed by atoms with Crippen molar-refractivity contribution in [2.45, 2.75) is 53.4 Å². The smallest absolute Gasteiger partial charge is 0.311 e. The molecule has 2 rings (SSSR count). The van der Waals surface area contributed by atoms with Gasteiger partial charge in [-0.25, -0.2) is 0 Å². The first-order chi connectivity index (χ1) is 12.0. The monoisotopic (exact) mass is 362 g/mol. The third kappa shape index (κ3) is 3.71. The number of carbonyl (C=O) groups excluding carboxylic acids is 2. The van der Waals surface area contributed by atoms with E-state index in [1.165, 1.54) is 6.07 Å². The van der Waals surface area contributed by atoms with Gasteiger partial charge < -0.3 is 15.4 Å². The first-order valence-corrected chi connectivity index (χ1v) is 8.86. The van der Waals surface area contributed by atoms with Crippen LogP contribution in [0.3, 0.4) is 0 Å². The topological polar surface area (TPSA) is 116 Å². The zero-order chi connectivity index (χ0) is 19.7. The number of aromatic nitrogens is 1. The highest BCUT2D eigenvalue weighted by Crippen LogP contribution is 2.33. The Labute approximate surface area is 152 Å². The maximum atomic E-state index is 12.5. The van der Waals surface area contributed by atoms with Gasteiger partial charge in [-0.3, -0.25) is 19.2 Å². The lowest BCUT2D eigenvalue weighted by atomic mass is 9.75. The summed E-state index contributed by atoms with van der Waals surface area (Å²) in [6.45, 7) is 7.32. The average Bonchev–Trinajstić information content (AvgIpc) is 2.54. The van der Waals surface area contributed by atoms with Crippen LogP contribution in [0.25, 0.3) is 0 Å². The van der Waals surface area contributed by atoms with Gasteiger partial charge in [0.25, 0.3) is 11.5 Å². The molecule has 1 aromatic heterocycles. The maximum absolute atomic E-state index is 12.5. The number of Topliss-reactive ketones (excluding diaryl/α,β-unsaturated/α-hetero) is 1. The van der Waals surface area contributed by atoms with Gasteiger partial charge in [0, 0.05) is 24.2 Å². The van der Waals surface area contributed by atoms with Crippen molar-refractivity contribution < 1.29 is 19.5 Å². The number of nitrogens with one attached hydrogen (secondary N) is 2. The minimum absolute atomic E-state index is 0.0777. The highest BCUT2D eigenvalue weighted by Gasteiger charge is 2.36. The summed E-state index contributed by atoms with van der Waals surface area (Å²) in [4.78, 5) is 51.3. The molecule has 0 atom stereocenters. The first-order valence-electron chi connectivity index (χ1n) is 8.86. The summed E-state index contributed by atoms with van der Waals surface area (Å²) >= 11 is 0. The van der Waals surface area contributed by atoms with Crippen LogP contribution in [0.1, 0.15) is 73.4 Å². The number of fused-ring (bicyclic) bond motifs is 1. The van der Waals surface area contributed by atoms with E-state index in [9.17, 15) is 24.3 Å². The summed E-state index contributed by atoms with van der Waals surface area (Å²) in [5, 5.41) is 12.0. The fourth-order valence-corrected chi connectivity index (χ4v) is 3.42. The Kier molecular flexibility index (Phi) is 5.39. The predicted octanol–water partition coefficient (Wildman–Crippen LogP) is 2.15. The Bertz CT molecular complexity index is 803. The molecule has 7 heteroatoms. The number of rotatable bonds is 6. The van der Waals surface area contributed by atoms with Crippen molar-refractivity contribution in [2.24, 2.45) is 10.8 Å². The zero-order valence-corrected chi connectivity index (χ0v) is 15.7. The van der Waals surface area contributed by atoms with Crippen molar-refractivity contribution >= 4 is 17.7 Å². The number of H-pyrrole nitrogens is 1. The van der Waals surface area contributed by atoms with Gasteiger partial charge in [0.05, 0.1) is 5.41 Å². The van der Waals surface area contributed by atoms with E-state index in [-0.39, 0.29) is 23.3 Å². The lowest BCUT2D eigenvalue weighted by molar-refractivity contribution is -0.149. The number of carboxylic acids is 1. The Morgan fingerprint density at radius 2 is 1.85 bits per heavy atom. The SMILES string of the molecule is CCC(CC)(CNC(=O)c1cc2c([nH]c1=O)CC(C)(C)CC2=O)C(=O)O. The lowest BCUT2D eigenvalue weighted by Crippen LogP contribution is -2.43. The minimum Gasteiger partial charge on any atom is -0.481 e. The molecule has 7 nitrogen and oxygen atoms in total. The molecule has 0 aromatic carbocycles. The van der Waals surface area contributed by atoms with Gasteiger partial charge in [-0.2, -0.15) is 0 Å². The number of aromatic amines is 1. The minimum atomic E-state index is -1.07. The molecule has 0 aliphatic heterocycles. The summed E-state index contributed by atoms with van der Waals surface area (Å²) in [6, 6.07) is 1.33. The van der Waals surface area contributed by atoms with E-state index in [1.807, 2.05) is 13.8 Å². The standard InChI is InChI=1S/C19H26N2O5/c1-5-19(6-2,17(25)26)10-20-15(23)12-7-11-13(21-16(12)24)8-18(3,4)9-14(11)22/h7H,5-6,8-10H2,1-4H3,(H,20,23)(H,21,24)(H,25,26). The quantitative estimate of drug-likeness (QED) is 0.717. The molecule has 0 spiro atoms. The van der Waals surface area contributed by atoms with Crippen molar-refractivity contribution in [3.63, 3.8) is 0 Å². The molecule has 1 amide bonds. The number of hydrogen-bond donors (Lipinski definition) is 3. The number of carbonyl (C=O) groups is 3. The zero-order valence-electron chi connectivity index (χ0n) is 15.7. The van der Waals surface area contributed by atoms with Crippen LogP contribution >= 0.6 is 0 Å². The number of ketones is 1. The van der Waals surface area contributed by atoms with Gasteiger partial charge in [-0.1, -0.05) is 27.7 Å². The molecule has 0 unspecified atom stereocenters. The fraction of sp³-hybridized carbons (Fsp3) is 0.579. The van der Waals surface area contributed by atoms with E-state index in [2.05, 4.69) is 10.3 Å². The molecule has 142 valence electrons. The third-order valence-corrected chi connectivity index (χ3v) is 5.36. The van der Waals surface area contributed by atoms with E-state index in [1.54, 1.807) is 13.8 Å². The summed E-state index contributed by atoms with van der Waals surface area (Å²) in [7, 11) is 0. The van der Waals surface area contributed by atoms with E-state index in [0.717, 1.165) is 0 Å². The molecule has 0 radical (unpaired) electrons. The Morgan fingerprint density at radius 1 is 1.23 bits per heavy atom. The van der Waals surface area contributed by atoms with Crippen molar-refractivity contribution in [3.05, 3.63) is 33.2 Å². The van der Waals surface area contributed by atoms with Gasteiger partial charge in [0.1, 0.15) is 5.56 Å². The molecule has 0 saturated heterocycles. The van der Waals surface area contributed by atoms with Crippen molar-refractivity contribution in [2.75, 3.05) is 6.54 Å². The lowest BCUT2D eigenvalue weighted by Gasteiger charge is -2.30. The van der Waals surface area contributed by atoms with Gasteiger partial charge in [0.15, 0.2) is 5.78 Å². The van der Waals surface area contributed by atoms with Gasteiger partial charge in [-0.15, -0.1) is 0 Å². The third-order valence-electron chi connectivity index (χ3n) is 5.36. The molecule has 0 saturated carbocycles. The highest BCUT2D eigenvalue weighted by atomic mass is 16.4. The summed E-state index contributed by atoms with van der Waals surface area (Å²) in [6.07, 6.45) is 1.61. The van der Waals surface area contributed by atoms with E-state index in [4.69, 9.17) is 0 Å². The highest BCUT2D eigenvalue weighted by molar-refractivity contribution is 6.02. The van der Waals surface area contributed by atoms with Crippen LogP contribution in [0.4, 0.5) is 0 Å². The molecule has 0 fully saturated rings. The number of aliphatic carboxylic acids is 1. The van der Waals surface area contributed by atoms with Crippen LogP contribution in [0.2, 0.25) is 0 Å². The summed E-state index contributed by atoms with van der Waals surface area (Å²) < 4.78 is 0. The predicted molar refractivity (Wildman–Crippen MR) is 96.5 cm³/mol. The van der Waals surface area contributed by atoms with E-state index >= 15 is 0 Å². The largest absolute Gasteiger partial charge is 0.481 e. The van der Waals surface area contributed by atoms with Crippen molar-refractivity contribution in [1.29, 1.82) is 0 Å². The van der Waals surface area contributed by atoms with Crippen LogP contribution in [0.15, 0.2) is 10.9 Å². The van der Waals surface area contributed by atoms with E-state index in [0.29, 0.717) is 36.9 Å². The molecule has 1 aliphatic rings. The second-order valence-electron chi connectivity index (χ2n) is 7.82. The molecule has 3 N–H and O–H groups in total. The first kappa shape index (κ1) is 19.9. The second kappa shape index (κ2) is 7.05. The normalized spacial score (nSPS) is 16.1. The molecule has 1 heterocycles. The Morgan fingerprint density at radius 3 is 2.38 bits per heavy atom. The Hall–Kier alpha value is -2.44. The van der Waals surface area contributed by atoms with Gasteiger partial charge in [0.2, 0.25) is 0 Å². The number of pyridine rings is 1. The number of amides is 1. The molecule has 1 aliphatic carbocycles. The molecule has 0 bridgehead atoms. The number of hydrogen-bond acceptors (Lipinski definition) is 4. The maximum Gasteiger partial charge on any atom is 0.311 e. The van der Waals surface area contributed by atoms with Crippen LogP contribution in [-0.2, 0) is 11.2 Å². The van der Waals surface area contributed by atoms with Crippen molar-refractivity contribution in [3.8, 4) is 0 Å². The van der Waals surface area contributed by atoms with E-state index < -0.39 is 22.9 Å². The summed E-state index contributed by atoms with van der Waals surface area (Å²) in [5.41, 5.74) is -1.13. The molecule has 26 heavy (non-hydrogen) atoms. The molecular formula is C19H26N2O5. The van der Waals surface area contributed by atoms with Gasteiger partial charge >= 0.3 is 5.97 Å². The molecule has 1 aromatic rings. The van der Waals surface area contributed by atoms with Crippen molar-refractivity contribution in [1.82, 2.24) is 10.3 Å². The Balaban J connectivity index is 2.29. The second-order valence-corrected chi connectivity index (χ2v) is 7.82. The van der Waals surface area contributed by atoms with Gasteiger partial charge in [-0.05, 0) is 30.7 Å². The fourth-order valence-electron chi connectivity index (χ4n) is 3.42. The van der Waals surface area contributed by atoms with Crippen LogP contribution in [0.5, 0.6) is 0 Å². The average molecular weight is 362 g/mol. The number of carboxylic acid groups (broad SMARTS) is 1. The van der Waals surface area contributed by atoms with Crippen LogP contribution in [0, 0.1) is 10.8 Å². The van der Waals surface area contributed by atoms with Crippen LogP contribution in [-0.4, -0.2) is 34.3 Å².